The summed E-state index contributed by atoms with van der Waals surface area (Å²) in [6.07, 6.45) is 3.03. The minimum atomic E-state index is -0.679. The number of hydrogen-bond acceptors (Lipinski definition) is 6. The first-order chi connectivity index (χ1) is 18.1. The molecule has 1 unspecified atom stereocenters. The Hall–Kier alpha value is -3.61. The van der Waals surface area contributed by atoms with Gasteiger partial charge in [0.25, 0.3) is 0 Å². The van der Waals surface area contributed by atoms with Crippen molar-refractivity contribution in [2.45, 2.75) is 83.8 Å². The number of carbonyl (C=O) groups excluding carboxylic acids is 3. The van der Waals surface area contributed by atoms with Crippen LogP contribution < -0.4 is 5.32 Å². The van der Waals surface area contributed by atoms with Gasteiger partial charge in [-0.25, -0.2) is 14.4 Å². The Morgan fingerprint density at radius 2 is 1.44 bits per heavy atom. The Kier molecular flexibility index (Phi) is 8.94. The second-order valence-corrected chi connectivity index (χ2v) is 12.3. The van der Waals surface area contributed by atoms with Crippen LogP contribution in [0.25, 0.3) is 0 Å². The normalized spacial score (nSPS) is 16.3. The van der Waals surface area contributed by atoms with Crippen LogP contribution in [0.2, 0.25) is 0 Å². The Morgan fingerprint density at radius 1 is 0.897 bits per heavy atom. The van der Waals surface area contributed by atoms with Gasteiger partial charge in [0.15, 0.2) is 0 Å². The van der Waals surface area contributed by atoms with Crippen LogP contribution in [-0.2, 0) is 25.0 Å². The summed E-state index contributed by atoms with van der Waals surface area (Å²) in [6, 6.07) is 11.6. The van der Waals surface area contributed by atoms with Gasteiger partial charge in [0, 0.05) is 0 Å². The largest absolute Gasteiger partial charge is 0.460 e. The van der Waals surface area contributed by atoms with E-state index in [9.17, 15) is 14.4 Å². The highest BCUT2D eigenvalue weighted by molar-refractivity contribution is 5.93. The van der Waals surface area contributed by atoms with Crippen LogP contribution in [0, 0.1) is 0 Å². The van der Waals surface area contributed by atoms with Crippen molar-refractivity contribution in [1.29, 1.82) is 0 Å². The Bertz CT molecular complexity index is 1220. The predicted molar refractivity (Wildman–Crippen MR) is 151 cm³/mol. The third-order valence-corrected chi connectivity index (χ3v) is 7.04. The number of rotatable bonds is 8. The van der Waals surface area contributed by atoms with Crippen LogP contribution in [-0.4, -0.2) is 36.8 Å². The minimum absolute atomic E-state index is 0.0252. The lowest BCUT2D eigenvalue weighted by Gasteiger charge is -2.42. The van der Waals surface area contributed by atoms with Crippen LogP contribution in [0.1, 0.15) is 105 Å². The summed E-state index contributed by atoms with van der Waals surface area (Å²) in [7, 11) is 0. The average Bonchev–Trinajstić information content (AvgIpc) is 2.86. The lowest BCUT2D eigenvalue weighted by Crippen LogP contribution is -2.38. The van der Waals surface area contributed by atoms with Gasteiger partial charge in [-0.2, -0.15) is 0 Å². The maximum atomic E-state index is 12.9. The van der Waals surface area contributed by atoms with E-state index in [0.29, 0.717) is 5.56 Å². The van der Waals surface area contributed by atoms with E-state index in [-0.39, 0.29) is 29.6 Å². The Morgan fingerprint density at radius 3 is 1.97 bits per heavy atom. The van der Waals surface area contributed by atoms with E-state index in [2.05, 4.69) is 51.7 Å². The highest BCUT2D eigenvalue weighted by atomic mass is 16.6. The molecule has 0 saturated carbocycles. The van der Waals surface area contributed by atoms with Crippen LogP contribution >= 0.6 is 0 Å². The first-order valence-corrected chi connectivity index (χ1v) is 13.3. The summed E-state index contributed by atoms with van der Waals surface area (Å²) < 4.78 is 16.1. The molecule has 0 heterocycles. The number of amides is 1. The van der Waals surface area contributed by atoms with Gasteiger partial charge >= 0.3 is 18.0 Å². The maximum Gasteiger partial charge on any atom is 0.408 e. The first kappa shape index (κ1) is 29.9. The quantitative estimate of drug-likeness (QED) is 0.227. The molecule has 1 atom stereocenters. The SMILES string of the molecule is C=CCOC(=O)c1ccc(C(=O)OCC(NC(=O)OC(C)(C)C)c2ccc3c(c2)C(C)(C)CCC3(C)C)cc1. The number of carbonyl (C=O) groups is 3. The number of hydrogen-bond donors (Lipinski definition) is 1. The third kappa shape index (κ3) is 7.71. The molecule has 7 nitrogen and oxygen atoms in total. The molecule has 0 bridgehead atoms. The van der Waals surface area contributed by atoms with E-state index in [0.717, 1.165) is 18.4 Å². The van der Waals surface area contributed by atoms with E-state index in [1.54, 1.807) is 20.8 Å². The molecule has 0 aromatic heterocycles. The topological polar surface area (TPSA) is 90.9 Å². The zero-order valence-electron chi connectivity index (χ0n) is 24.2. The lowest BCUT2D eigenvalue weighted by molar-refractivity contribution is 0.0368. The smallest absolute Gasteiger partial charge is 0.408 e. The number of esters is 2. The number of ether oxygens (including phenoxy) is 3. The molecule has 39 heavy (non-hydrogen) atoms. The van der Waals surface area contributed by atoms with Crippen LogP contribution in [0.5, 0.6) is 0 Å². The Labute approximate surface area is 231 Å². The number of alkyl carbamates (subject to hydrolysis) is 1. The molecule has 0 saturated heterocycles. The molecule has 0 spiro atoms. The number of nitrogens with one attached hydrogen (secondary N) is 1. The van der Waals surface area contributed by atoms with Crippen molar-refractivity contribution < 1.29 is 28.6 Å². The fourth-order valence-corrected chi connectivity index (χ4v) is 4.70. The summed E-state index contributed by atoms with van der Waals surface area (Å²) in [5.41, 5.74) is 3.30. The van der Waals surface area contributed by atoms with E-state index in [1.165, 1.54) is 41.5 Å². The molecule has 0 radical (unpaired) electrons. The zero-order valence-corrected chi connectivity index (χ0v) is 24.2. The number of fused-ring (bicyclic) bond motifs is 1. The van der Waals surface area contributed by atoms with Gasteiger partial charge in [0.2, 0.25) is 0 Å². The minimum Gasteiger partial charge on any atom is -0.460 e. The molecule has 0 fully saturated rings. The summed E-state index contributed by atoms with van der Waals surface area (Å²) >= 11 is 0. The van der Waals surface area contributed by atoms with Gasteiger partial charge in [-0.1, -0.05) is 58.5 Å². The van der Waals surface area contributed by atoms with Crippen molar-refractivity contribution in [3.63, 3.8) is 0 Å². The highest BCUT2D eigenvalue weighted by Gasteiger charge is 2.37. The van der Waals surface area contributed by atoms with E-state index in [4.69, 9.17) is 14.2 Å². The molecule has 0 aliphatic heterocycles. The van der Waals surface area contributed by atoms with E-state index in [1.807, 2.05) is 6.07 Å². The molecular formula is C32H41NO6. The second-order valence-electron chi connectivity index (χ2n) is 12.3. The van der Waals surface area contributed by atoms with Crippen molar-refractivity contribution in [2.24, 2.45) is 0 Å². The first-order valence-electron chi connectivity index (χ1n) is 13.3. The zero-order chi connectivity index (χ0) is 29.0. The van der Waals surface area contributed by atoms with E-state index < -0.39 is 29.7 Å². The molecule has 2 aromatic rings. The van der Waals surface area contributed by atoms with Gasteiger partial charge in [0.1, 0.15) is 18.8 Å². The molecule has 1 amide bonds. The molecule has 1 aliphatic carbocycles. The highest BCUT2D eigenvalue weighted by Crippen LogP contribution is 2.46. The molecule has 210 valence electrons. The van der Waals surface area contributed by atoms with Crippen LogP contribution in [0.4, 0.5) is 4.79 Å². The maximum absolute atomic E-state index is 12.9. The van der Waals surface area contributed by atoms with Gasteiger partial charge in [-0.05, 0) is 85.4 Å². The van der Waals surface area contributed by atoms with Gasteiger partial charge in [-0.3, -0.25) is 0 Å². The van der Waals surface area contributed by atoms with Crippen molar-refractivity contribution in [3.8, 4) is 0 Å². The van der Waals surface area contributed by atoms with Crippen LogP contribution in [0.15, 0.2) is 55.1 Å². The molecular weight excluding hydrogens is 494 g/mol. The standard InChI is InChI=1S/C32H41NO6/c1-9-18-37-27(34)21-10-12-22(13-11-21)28(35)38-20-26(33-29(36)39-30(2,3)4)23-14-15-24-25(19-23)32(7,8)17-16-31(24,5)6/h9-15,19,26H,1,16-18,20H2,2-8H3,(H,33,36). The van der Waals surface area contributed by atoms with Gasteiger partial charge in [-0.15, -0.1) is 0 Å². The van der Waals surface area contributed by atoms with Gasteiger partial charge < -0.3 is 19.5 Å². The lowest BCUT2D eigenvalue weighted by atomic mass is 9.63. The van der Waals surface area contributed by atoms with Crippen molar-refractivity contribution in [1.82, 2.24) is 5.32 Å². The molecule has 1 aliphatic rings. The van der Waals surface area contributed by atoms with Crippen molar-refractivity contribution >= 4 is 18.0 Å². The fourth-order valence-electron chi connectivity index (χ4n) is 4.70. The molecule has 3 rings (SSSR count). The predicted octanol–water partition coefficient (Wildman–Crippen LogP) is 6.80. The number of benzene rings is 2. The van der Waals surface area contributed by atoms with Gasteiger partial charge in [0.05, 0.1) is 17.2 Å². The average molecular weight is 536 g/mol. The van der Waals surface area contributed by atoms with E-state index >= 15 is 0 Å². The van der Waals surface area contributed by atoms with Crippen molar-refractivity contribution in [3.05, 3.63) is 82.9 Å². The molecule has 2 aromatic carbocycles. The summed E-state index contributed by atoms with van der Waals surface area (Å²) in [6.45, 7) is 17.9. The summed E-state index contributed by atoms with van der Waals surface area (Å²) in [4.78, 5) is 37.6. The summed E-state index contributed by atoms with van der Waals surface area (Å²) in [5.74, 6) is -1.08. The third-order valence-electron chi connectivity index (χ3n) is 7.04. The second kappa shape index (κ2) is 11.6. The molecule has 7 heteroatoms. The summed E-state index contributed by atoms with van der Waals surface area (Å²) in [5, 5.41) is 2.89. The van der Waals surface area contributed by atoms with Crippen LogP contribution in [0.3, 0.4) is 0 Å². The fraction of sp³-hybridized carbons (Fsp3) is 0.469. The molecule has 1 N–H and O–H groups in total. The Balaban J connectivity index is 1.83. The monoisotopic (exact) mass is 535 g/mol. The van der Waals surface area contributed by atoms with Crippen molar-refractivity contribution in [2.75, 3.05) is 13.2 Å².